The number of anilines is 1. The van der Waals surface area contributed by atoms with Crippen molar-refractivity contribution in [2.45, 2.75) is 38.6 Å². The molecule has 0 spiro atoms. The Hall–Kier alpha value is -1.58. The lowest BCUT2D eigenvalue weighted by molar-refractivity contribution is 0.0673. The number of nitrogens with one attached hydrogen (secondary N) is 1. The number of amides is 1. The monoisotopic (exact) mass is 278 g/mol. The second-order valence-corrected chi connectivity index (χ2v) is 5.75. The summed E-state index contributed by atoms with van der Waals surface area (Å²) in [6.07, 6.45) is 4.47. The van der Waals surface area contributed by atoms with Gasteiger partial charge in [0, 0.05) is 20.1 Å². The Morgan fingerprint density at radius 1 is 1.40 bits per heavy atom. The van der Waals surface area contributed by atoms with Crippen LogP contribution in [0.4, 0.5) is 10.1 Å². The SMILES string of the molecule is CNc1c(F)cccc1C(=O)N(C)C1CCCC(C)C1. The molecule has 110 valence electrons. The summed E-state index contributed by atoms with van der Waals surface area (Å²) in [5.41, 5.74) is 0.696. The molecule has 0 heterocycles. The Morgan fingerprint density at radius 3 is 2.80 bits per heavy atom. The van der Waals surface area contributed by atoms with E-state index < -0.39 is 0 Å². The van der Waals surface area contributed by atoms with Gasteiger partial charge in [0.1, 0.15) is 5.82 Å². The van der Waals surface area contributed by atoms with E-state index in [-0.39, 0.29) is 23.5 Å². The first-order chi connectivity index (χ1) is 9.54. The van der Waals surface area contributed by atoms with Gasteiger partial charge >= 0.3 is 0 Å². The molecule has 0 aromatic heterocycles. The third-order valence-electron chi connectivity index (χ3n) is 4.27. The van der Waals surface area contributed by atoms with Crippen LogP contribution in [0, 0.1) is 11.7 Å². The number of halogens is 1. The molecule has 1 aromatic carbocycles. The van der Waals surface area contributed by atoms with Crippen LogP contribution in [-0.4, -0.2) is 30.9 Å². The van der Waals surface area contributed by atoms with Gasteiger partial charge in [-0.15, -0.1) is 0 Å². The van der Waals surface area contributed by atoms with Crippen molar-refractivity contribution in [3.8, 4) is 0 Å². The lowest BCUT2D eigenvalue weighted by Gasteiger charge is -2.34. The van der Waals surface area contributed by atoms with Crippen LogP contribution in [-0.2, 0) is 0 Å². The zero-order valence-electron chi connectivity index (χ0n) is 12.4. The Morgan fingerprint density at radius 2 is 2.15 bits per heavy atom. The molecule has 3 nitrogen and oxygen atoms in total. The molecule has 1 fully saturated rings. The normalized spacial score (nSPS) is 22.4. The largest absolute Gasteiger partial charge is 0.385 e. The predicted octanol–water partition coefficient (Wildman–Crippen LogP) is 3.52. The molecule has 0 radical (unpaired) electrons. The van der Waals surface area contributed by atoms with Crippen molar-refractivity contribution in [1.29, 1.82) is 0 Å². The molecule has 1 N–H and O–H groups in total. The number of hydrogen-bond acceptors (Lipinski definition) is 2. The molecule has 20 heavy (non-hydrogen) atoms. The Bertz CT molecular complexity index is 489. The number of hydrogen-bond donors (Lipinski definition) is 1. The number of carbonyl (C=O) groups excluding carboxylic acids is 1. The summed E-state index contributed by atoms with van der Waals surface area (Å²) in [6, 6.07) is 4.89. The highest BCUT2D eigenvalue weighted by molar-refractivity contribution is 5.99. The van der Waals surface area contributed by atoms with E-state index >= 15 is 0 Å². The average molecular weight is 278 g/mol. The van der Waals surface area contributed by atoms with Crippen LogP contribution in [0.25, 0.3) is 0 Å². The summed E-state index contributed by atoms with van der Waals surface area (Å²) >= 11 is 0. The van der Waals surface area contributed by atoms with Gasteiger partial charge in [-0.25, -0.2) is 4.39 Å². The maximum Gasteiger partial charge on any atom is 0.256 e. The van der Waals surface area contributed by atoms with Crippen LogP contribution in [0.3, 0.4) is 0 Å². The van der Waals surface area contributed by atoms with Crippen LogP contribution in [0.5, 0.6) is 0 Å². The van der Waals surface area contributed by atoms with E-state index in [0.29, 0.717) is 11.5 Å². The first-order valence-electron chi connectivity index (χ1n) is 7.28. The standard InChI is InChI=1S/C16H23FN2O/c1-11-6-4-7-12(10-11)19(3)16(20)13-8-5-9-14(17)15(13)18-2/h5,8-9,11-12,18H,4,6-7,10H2,1-3H3. The van der Waals surface area contributed by atoms with Crippen LogP contribution >= 0.6 is 0 Å². The highest BCUT2D eigenvalue weighted by Gasteiger charge is 2.27. The summed E-state index contributed by atoms with van der Waals surface area (Å²) in [6.45, 7) is 2.23. The molecule has 0 aliphatic heterocycles. The van der Waals surface area contributed by atoms with Gasteiger partial charge in [0.2, 0.25) is 0 Å². The fourth-order valence-corrected chi connectivity index (χ4v) is 3.07. The van der Waals surface area contributed by atoms with Crippen molar-refractivity contribution >= 4 is 11.6 Å². The summed E-state index contributed by atoms with van der Waals surface area (Å²) in [7, 11) is 3.47. The van der Waals surface area contributed by atoms with Gasteiger partial charge in [0.05, 0.1) is 11.3 Å². The topological polar surface area (TPSA) is 32.3 Å². The molecule has 0 saturated heterocycles. The highest BCUT2D eigenvalue weighted by Crippen LogP contribution is 2.29. The van der Waals surface area contributed by atoms with Crippen molar-refractivity contribution in [1.82, 2.24) is 4.90 Å². The van der Waals surface area contributed by atoms with E-state index in [9.17, 15) is 9.18 Å². The van der Waals surface area contributed by atoms with Crippen molar-refractivity contribution in [3.63, 3.8) is 0 Å². The van der Waals surface area contributed by atoms with Crippen molar-refractivity contribution in [2.24, 2.45) is 5.92 Å². The number of benzene rings is 1. The number of carbonyl (C=O) groups is 1. The molecule has 4 heteroatoms. The lowest BCUT2D eigenvalue weighted by atomic mass is 9.86. The second kappa shape index (κ2) is 6.25. The fourth-order valence-electron chi connectivity index (χ4n) is 3.07. The number of nitrogens with zero attached hydrogens (tertiary/aromatic N) is 1. The van der Waals surface area contributed by atoms with E-state index in [4.69, 9.17) is 0 Å². The summed E-state index contributed by atoms with van der Waals surface area (Å²) in [4.78, 5) is 14.4. The average Bonchev–Trinajstić information content (AvgIpc) is 2.45. The minimum Gasteiger partial charge on any atom is -0.385 e. The molecular weight excluding hydrogens is 255 g/mol. The van der Waals surface area contributed by atoms with Gasteiger partial charge in [-0.05, 0) is 30.9 Å². The van der Waals surface area contributed by atoms with Gasteiger partial charge in [-0.2, -0.15) is 0 Å². The summed E-state index contributed by atoms with van der Waals surface area (Å²) < 4.78 is 13.7. The van der Waals surface area contributed by atoms with Crippen LogP contribution in [0.15, 0.2) is 18.2 Å². The van der Waals surface area contributed by atoms with Gasteiger partial charge in [0.15, 0.2) is 0 Å². The maximum absolute atomic E-state index is 13.7. The van der Waals surface area contributed by atoms with Crippen molar-refractivity contribution in [3.05, 3.63) is 29.6 Å². The zero-order valence-corrected chi connectivity index (χ0v) is 12.4. The predicted molar refractivity (Wildman–Crippen MR) is 79.5 cm³/mol. The quantitative estimate of drug-likeness (QED) is 0.917. The Kier molecular flexibility index (Phi) is 4.63. The maximum atomic E-state index is 13.7. The van der Waals surface area contributed by atoms with Crippen LogP contribution in [0.2, 0.25) is 0 Å². The van der Waals surface area contributed by atoms with Crippen molar-refractivity contribution in [2.75, 3.05) is 19.4 Å². The van der Waals surface area contributed by atoms with E-state index in [1.807, 2.05) is 7.05 Å². The highest BCUT2D eigenvalue weighted by atomic mass is 19.1. The van der Waals surface area contributed by atoms with E-state index in [0.717, 1.165) is 19.3 Å². The van der Waals surface area contributed by atoms with E-state index in [1.54, 1.807) is 24.1 Å². The minimum absolute atomic E-state index is 0.104. The summed E-state index contributed by atoms with van der Waals surface area (Å²) in [5, 5.41) is 2.79. The first kappa shape index (κ1) is 14.8. The molecule has 1 saturated carbocycles. The molecule has 0 bridgehead atoms. The van der Waals surface area contributed by atoms with Gasteiger partial charge in [-0.1, -0.05) is 25.8 Å². The van der Waals surface area contributed by atoms with Crippen molar-refractivity contribution < 1.29 is 9.18 Å². The fraction of sp³-hybridized carbons (Fsp3) is 0.562. The first-order valence-corrected chi connectivity index (χ1v) is 7.28. The Labute approximate surface area is 120 Å². The van der Waals surface area contributed by atoms with E-state index in [2.05, 4.69) is 12.2 Å². The minimum atomic E-state index is -0.385. The smallest absolute Gasteiger partial charge is 0.256 e. The second-order valence-electron chi connectivity index (χ2n) is 5.75. The number of para-hydroxylation sites is 1. The van der Waals surface area contributed by atoms with Gasteiger partial charge in [-0.3, -0.25) is 4.79 Å². The van der Waals surface area contributed by atoms with Gasteiger partial charge in [0.25, 0.3) is 5.91 Å². The zero-order chi connectivity index (χ0) is 14.7. The molecule has 1 aromatic rings. The molecular formula is C16H23FN2O. The molecule has 1 aliphatic rings. The molecule has 2 rings (SSSR count). The third-order valence-corrected chi connectivity index (χ3v) is 4.27. The lowest BCUT2D eigenvalue weighted by Crippen LogP contribution is -2.40. The third kappa shape index (κ3) is 2.94. The van der Waals surface area contributed by atoms with Gasteiger partial charge < -0.3 is 10.2 Å². The molecule has 2 unspecified atom stereocenters. The molecule has 1 aliphatic carbocycles. The summed E-state index contributed by atoms with van der Waals surface area (Å²) in [5.74, 6) is 0.164. The van der Waals surface area contributed by atoms with E-state index in [1.165, 1.54) is 12.5 Å². The molecule has 2 atom stereocenters. The van der Waals surface area contributed by atoms with Crippen LogP contribution in [0.1, 0.15) is 43.0 Å². The molecule has 1 amide bonds. The van der Waals surface area contributed by atoms with Crippen LogP contribution < -0.4 is 5.32 Å². The Balaban J connectivity index is 2.20. The number of rotatable bonds is 3.